The molecule has 0 bridgehead atoms. The molecule has 2 unspecified atom stereocenters. The number of carbonyl (C=O) groups excluding carboxylic acids is 3. The first-order valence-corrected chi connectivity index (χ1v) is 10.9. The lowest BCUT2D eigenvalue weighted by Crippen LogP contribution is -2.52. The first-order chi connectivity index (χ1) is 13.5. The maximum atomic E-state index is 13.2. The molecule has 2 fully saturated rings. The second-order valence-electron chi connectivity index (χ2n) is 7.58. The molecule has 0 radical (unpaired) electrons. The first-order valence-electron chi connectivity index (χ1n) is 10.1. The quantitative estimate of drug-likeness (QED) is 0.750. The molecule has 2 atom stereocenters. The van der Waals surface area contributed by atoms with Crippen LogP contribution in [-0.2, 0) is 9.59 Å². The third kappa shape index (κ3) is 4.74. The summed E-state index contributed by atoms with van der Waals surface area (Å²) in [4.78, 5) is 41.9. The number of hydrogen-bond donors (Lipinski definition) is 1. The van der Waals surface area contributed by atoms with Gasteiger partial charge in [-0.1, -0.05) is 22.9 Å². The molecule has 7 heteroatoms. The number of nitrogens with one attached hydrogen (secondary N) is 1. The largest absolute Gasteiger partial charge is 0.356 e. The molecule has 1 aromatic carbocycles. The van der Waals surface area contributed by atoms with Crippen LogP contribution in [0.25, 0.3) is 0 Å². The molecular formula is C21H28BrN3O3. The van der Waals surface area contributed by atoms with Crippen LogP contribution in [0.5, 0.6) is 0 Å². The average molecular weight is 450 g/mol. The normalized spacial score (nSPS) is 22.2. The van der Waals surface area contributed by atoms with Gasteiger partial charge in [0, 0.05) is 36.2 Å². The lowest BCUT2D eigenvalue weighted by molar-refractivity contribution is -0.139. The Morgan fingerprint density at radius 1 is 1.11 bits per heavy atom. The number of benzene rings is 1. The molecule has 3 amide bonds. The number of amides is 3. The van der Waals surface area contributed by atoms with Crippen molar-refractivity contribution < 1.29 is 14.4 Å². The van der Waals surface area contributed by atoms with Crippen molar-refractivity contribution in [2.45, 2.75) is 45.1 Å². The highest BCUT2D eigenvalue weighted by atomic mass is 79.9. The zero-order valence-corrected chi connectivity index (χ0v) is 17.9. The van der Waals surface area contributed by atoms with E-state index in [1.807, 2.05) is 19.1 Å². The molecule has 0 aliphatic carbocycles. The second-order valence-corrected chi connectivity index (χ2v) is 8.49. The zero-order valence-electron chi connectivity index (χ0n) is 16.3. The Labute approximate surface area is 174 Å². The highest BCUT2D eigenvalue weighted by Gasteiger charge is 2.39. The Bertz CT molecular complexity index is 722. The van der Waals surface area contributed by atoms with Gasteiger partial charge < -0.3 is 15.1 Å². The maximum absolute atomic E-state index is 13.2. The maximum Gasteiger partial charge on any atom is 0.254 e. The van der Waals surface area contributed by atoms with Crippen LogP contribution in [0.15, 0.2) is 28.7 Å². The predicted octanol–water partition coefficient (Wildman–Crippen LogP) is 2.82. The van der Waals surface area contributed by atoms with E-state index < -0.39 is 6.04 Å². The summed E-state index contributed by atoms with van der Waals surface area (Å²) in [7, 11) is 0. The van der Waals surface area contributed by atoms with Gasteiger partial charge in [0.1, 0.15) is 6.04 Å². The summed E-state index contributed by atoms with van der Waals surface area (Å²) in [5, 5.41) is 2.94. The third-order valence-corrected chi connectivity index (χ3v) is 6.07. The van der Waals surface area contributed by atoms with E-state index in [4.69, 9.17) is 0 Å². The Morgan fingerprint density at radius 3 is 2.54 bits per heavy atom. The molecule has 28 heavy (non-hydrogen) atoms. The smallest absolute Gasteiger partial charge is 0.254 e. The third-order valence-electron chi connectivity index (χ3n) is 5.54. The summed E-state index contributed by atoms with van der Waals surface area (Å²) < 4.78 is 0.916. The lowest BCUT2D eigenvalue weighted by atomic mass is 9.96. The fourth-order valence-corrected chi connectivity index (χ4v) is 4.28. The molecule has 3 rings (SSSR count). The minimum atomic E-state index is -0.423. The second kappa shape index (κ2) is 9.54. The van der Waals surface area contributed by atoms with Crippen molar-refractivity contribution >= 4 is 33.7 Å². The van der Waals surface area contributed by atoms with Crippen LogP contribution in [0.3, 0.4) is 0 Å². The van der Waals surface area contributed by atoms with Crippen molar-refractivity contribution in [1.29, 1.82) is 0 Å². The number of halogens is 1. The van der Waals surface area contributed by atoms with E-state index in [9.17, 15) is 14.4 Å². The summed E-state index contributed by atoms with van der Waals surface area (Å²) in [6, 6.07) is 6.81. The monoisotopic (exact) mass is 449 g/mol. The van der Waals surface area contributed by atoms with Gasteiger partial charge in [-0.3, -0.25) is 14.4 Å². The summed E-state index contributed by atoms with van der Waals surface area (Å²) in [5.74, 6) is -0.233. The van der Waals surface area contributed by atoms with Gasteiger partial charge in [-0.25, -0.2) is 0 Å². The van der Waals surface area contributed by atoms with Gasteiger partial charge in [0.2, 0.25) is 11.8 Å². The fourth-order valence-electron chi connectivity index (χ4n) is 4.02. The van der Waals surface area contributed by atoms with Crippen molar-refractivity contribution in [2.75, 3.05) is 26.2 Å². The van der Waals surface area contributed by atoms with Gasteiger partial charge >= 0.3 is 0 Å². The van der Waals surface area contributed by atoms with Crippen molar-refractivity contribution in [3.05, 3.63) is 34.3 Å². The van der Waals surface area contributed by atoms with E-state index in [1.54, 1.807) is 21.9 Å². The topological polar surface area (TPSA) is 69.7 Å². The van der Waals surface area contributed by atoms with E-state index in [0.717, 1.165) is 30.2 Å². The minimum Gasteiger partial charge on any atom is -0.356 e. The van der Waals surface area contributed by atoms with E-state index >= 15 is 0 Å². The molecule has 1 N–H and O–H groups in total. The number of likely N-dealkylation sites (tertiary alicyclic amines) is 2. The molecule has 6 nitrogen and oxygen atoms in total. The van der Waals surface area contributed by atoms with Crippen molar-refractivity contribution in [3.63, 3.8) is 0 Å². The molecular weight excluding hydrogens is 422 g/mol. The average Bonchev–Trinajstić information content (AvgIpc) is 3.21. The van der Waals surface area contributed by atoms with Crippen LogP contribution in [-0.4, -0.2) is 59.7 Å². The fraction of sp³-hybridized carbons (Fsp3) is 0.571. The SMILES string of the molecule is CCCNC(=O)C1CCCN(C(=O)C2CCCN2C(=O)c2ccc(Br)cc2)C1. The predicted molar refractivity (Wildman–Crippen MR) is 111 cm³/mol. The number of piperidine rings is 1. The van der Waals surface area contributed by atoms with Gasteiger partial charge in [-0.2, -0.15) is 0 Å². The molecule has 0 spiro atoms. The van der Waals surface area contributed by atoms with E-state index in [0.29, 0.717) is 38.2 Å². The molecule has 2 heterocycles. The number of carbonyl (C=O) groups is 3. The van der Waals surface area contributed by atoms with Crippen molar-refractivity contribution in [2.24, 2.45) is 5.92 Å². The van der Waals surface area contributed by atoms with Crippen LogP contribution < -0.4 is 5.32 Å². The molecule has 2 aliphatic rings. The standard InChI is InChI=1S/C21H28BrN3O3/c1-2-11-23-19(26)16-5-3-12-24(14-16)21(28)18-6-4-13-25(18)20(27)15-7-9-17(22)10-8-15/h7-10,16,18H,2-6,11-14H2,1H3,(H,23,26). The van der Waals surface area contributed by atoms with Gasteiger partial charge in [0.15, 0.2) is 0 Å². The Kier molecular flexibility index (Phi) is 7.10. The molecule has 1 aromatic rings. The molecule has 0 aromatic heterocycles. The minimum absolute atomic E-state index is 0.0176. The van der Waals surface area contributed by atoms with Gasteiger partial charge in [-0.15, -0.1) is 0 Å². The van der Waals surface area contributed by atoms with Gasteiger partial charge in [0.25, 0.3) is 5.91 Å². The summed E-state index contributed by atoms with van der Waals surface area (Å²) in [6.45, 7) is 4.40. The van der Waals surface area contributed by atoms with Gasteiger partial charge in [-0.05, 0) is 56.4 Å². The summed E-state index contributed by atoms with van der Waals surface area (Å²) in [5.41, 5.74) is 0.596. The number of hydrogen-bond acceptors (Lipinski definition) is 3. The summed E-state index contributed by atoms with van der Waals surface area (Å²) >= 11 is 3.38. The number of rotatable bonds is 5. The highest BCUT2D eigenvalue weighted by molar-refractivity contribution is 9.10. The lowest BCUT2D eigenvalue weighted by Gasteiger charge is -2.35. The van der Waals surface area contributed by atoms with Crippen LogP contribution in [0.1, 0.15) is 49.4 Å². The van der Waals surface area contributed by atoms with E-state index in [-0.39, 0.29) is 23.6 Å². The molecule has 152 valence electrons. The Hall–Kier alpha value is -1.89. The van der Waals surface area contributed by atoms with Crippen molar-refractivity contribution in [3.8, 4) is 0 Å². The molecule has 0 saturated carbocycles. The van der Waals surface area contributed by atoms with E-state index in [2.05, 4.69) is 21.2 Å². The van der Waals surface area contributed by atoms with E-state index in [1.165, 1.54) is 0 Å². The first kappa shape index (κ1) is 20.8. The molecule has 2 saturated heterocycles. The zero-order chi connectivity index (χ0) is 20.1. The Balaban J connectivity index is 1.66. The van der Waals surface area contributed by atoms with Crippen molar-refractivity contribution in [1.82, 2.24) is 15.1 Å². The van der Waals surface area contributed by atoms with Crippen LogP contribution >= 0.6 is 15.9 Å². The van der Waals surface area contributed by atoms with Crippen LogP contribution in [0.2, 0.25) is 0 Å². The van der Waals surface area contributed by atoms with Crippen LogP contribution in [0, 0.1) is 5.92 Å². The highest BCUT2D eigenvalue weighted by Crippen LogP contribution is 2.25. The van der Waals surface area contributed by atoms with Gasteiger partial charge in [0.05, 0.1) is 5.92 Å². The summed E-state index contributed by atoms with van der Waals surface area (Å²) in [6.07, 6.45) is 4.04. The molecule has 2 aliphatic heterocycles. The number of nitrogens with zero attached hydrogens (tertiary/aromatic N) is 2. The Morgan fingerprint density at radius 2 is 1.82 bits per heavy atom. The van der Waals surface area contributed by atoms with Crippen LogP contribution in [0.4, 0.5) is 0 Å².